The van der Waals surface area contributed by atoms with E-state index in [2.05, 4.69) is 32.3 Å². The minimum absolute atomic E-state index is 0.806. The number of rotatable bonds is 1. The molecule has 5 heteroatoms. The van der Waals surface area contributed by atoms with Gasteiger partial charge in [-0.05, 0) is 12.1 Å². The smallest absolute Gasteiger partial charge is 0.140 e. The Hall–Kier alpha value is -0.580. The quantitative estimate of drug-likeness (QED) is 0.853. The second-order valence-corrected chi connectivity index (χ2v) is 5.89. The summed E-state index contributed by atoms with van der Waals surface area (Å²) in [5, 5.41) is 5.16. The number of fused-ring (bicyclic) bond motifs is 1. The summed E-state index contributed by atoms with van der Waals surface area (Å²) in [5.74, 6) is 0.933. The Labute approximate surface area is 110 Å². The number of thiophene rings is 1. The fraction of sp³-hybridized carbons (Fsp3) is 0.182. The maximum atomic E-state index is 6.36. The van der Waals surface area contributed by atoms with E-state index >= 15 is 0 Å². The van der Waals surface area contributed by atoms with Crippen molar-refractivity contribution in [2.24, 2.45) is 4.99 Å². The van der Waals surface area contributed by atoms with E-state index in [1.54, 1.807) is 11.3 Å². The number of hydrogen-bond donors (Lipinski definition) is 1. The molecule has 2 aromatic rings. The molecular formula is C11H8BrClN2S. The predicted molar refractivity (Wildman–Crippen MR) is 73.9 cm³/mol. The van der Waals surface area contributed by atoms with Gasteiger partial charge in [0.15, 0.2) is 0 Å². The van der Waals surface area contributed by atoms with Crippen LogP contribution in [0.15, 0.2) is 27.7 Å². The summed E-state index contributed by atoms with van der Waals surface area (Å²) in [6, 6.07) is 6.14. The molecule has 0 bridgehead atoms. The molecule has 0 amide bonds. The van der Waals surface area contributed by atoms with Crippen LogP contribution < -0.4 is 5.32 Å². The highest BCUT2D eigenvalue weighted by molar-refractivity contribution is 9.10. The number of halogens is 2. The Balaban J connectivity index is 2.22. The molecule has 1 aromatic heterocycles. The normalized spacial score (nSPS) is 15.2. The zero-order chi connectivity index (χ0) is 11.1. The highest BCUT2D eigenvalue weighted by Gasteiger charge is 2.17. The first-order valence-electron chi connectivity index (χ1n) is 4.92. The van der Waals surface area contributed by atoms with Crippen LogP contribution in [0, 0.1) is 0 Å². The van der Waals surface area contributed by atoms with E-state index in [1.807, 2.05) is 12.1 Å². The molecule has 0 radical (unpaired) electrons. The van der Waals surface area contributed by atoms with E-state index in [-0.39, 0.29) is 0 Å². The van der Waals surface area contributed by atoms with Crippen molar-refractivity contribution in [2.75, 3.05) is 13.1 Å². The first kappa shape index (κ1) is 10.6. The summed E-state index contributed by atoms with van der Waals surface area (Å²) in [7, 11) is 0. The van der Waals surface area contributed by atoms with E-state index in [0.29, 0.717) is 0 Å². The van der Waals surface area contributed by atoms with Gasteiger partial charge in [-0.25, -0.2) is 0 Å². The minimum atomic E-state index is 0.806. The van der Waals surface area contributed by atoms with Crippen molar-refractivity contribution in [3.63, 3.8) is 0 Å². The van der Waals surface area contributed by atoms with Crippen molar-refractivity contribution >= 4 is 54.8 Å². The van der Waals surface area contributed by atoms with Crippen molar-refractivity contribution in [1.29, 1.82) is 0 Å². The van der Waals surface area contributed by atoms with Crippen molar-refractivity contribution in [1.82, 2.24) is 5.32 Å². The van der Waals surface area contributed by atoms with Crippen LogP contribution in [0.4, 0.5) is 0 Å². The maximum absolute atomic E-state index is 6.36. The number of benzene rings is 1. The molecule has 0 fully saturated rings. The highest BCUT2D eigenvalue weighted by atomic mass is 79.9. The van der Waals surface area contributed by atoms with E-state index in [1.165, 1.54) is 4.70 Å². The van der Waals surface area contributed by atoms with Crippen LogP contribution in [-0.2, 0) is 0 Å². The second-order valence-electron chi connectivity index (χ2n) is 3.54. The number of aliphatic imine (C=N–C) groups is 1. The zero-order valence-corrected chi connectivity index (χ0v) is 11.4. The van der Waals surface area contributed by atoms with Crippen LogP contribution in [0.25, 0.3) is 10.1 Å². The molecule has 16 heavy (non-hydrogen) atoms. The van der Waals surface area contributed by atoms with Crippen LogP contribution in [0.1, 0.15) is 4.88 Å². The van der Waals surface area contributed by atoms with Crippen molar-refractivity contribution < 1.29 is 0 Å². The summed E-state index contributed by atoms with van der Waals surface area (Å²) in [5.41, 5.74) is 0. The van der Waals surface area contributed by atoms with Gasteiger partial charge in [0.25, 0.3) is 0 Å². The zero-order valence-electron chi connectivity index (χ0n) is 8.26. The minimum Gasteiger partial charge on any atom is -0.367 e. The second kappa shape index (κ2) is 4.02. The fourth-order valence-corrected chi connectivity index (χ4v) is 3.80. The number of amidine groups is 1. The molecule has 1 aromatic carbocycles. The third kappa shape index (κ3) is 1.65. The molecule has 1 aliphatic rings. The Kier molecular flexibility index (Phi) is 2.65. The molecule has 0 saturated heterocycles. The highest BCUT2D eigenvalue weighted by Crippen LogP contribution is 2.37. The molecule has 2 heterocycles. The number of nitrogens with zero attached hydrogens (tertiary/aromatic N) is 1. The third-order valence-electron chi connectivity index (χ3n) is 2.48. The average Bonchev–Trinajstić information content (AvgIpc) is 2.86. The Morgan fingerprint density at radius 1 is 1.44 bits per heavy atom. The molecule has 3 rings (SSSR count). The van der Waals surface area contributed by atoms with Gasteiger partial charge in [0.05, 0.1) is 16.4 Å². The monoisotopic (exact) mass is 314 g/mol. The van der Waals surface area contributed by atoms with Gasteiger partial charge in [-0.1, -0.05) is 33.6 Å². The average molecular weight is 316 g/mol. The van der Waals surface area contributed by atoms with Crippen molar-refractivity contribution in [3.05, 3.63) is 32.6 Å². The van der Waals surface area contributed by atoms with Gasteiger partial charge < -0.3 is 5.32 Å². The molecule has 0 spiro atoms. The van der Waals surface area contributed by atoms with Crippen LogP contribution in [0.2, 0.25) is 5.02 Å². The lowest BCUT2D eigenvalue weighted by atomic mass is 10.2. The summed E-state index contributed by atoms with van der Waals surface area (Å²) in [6.07, 6.45) is 0. The number of hydrogen-bond acceptors (Lipinski definition) is 3. The Bertz CT molecular complexity index is 591. The van der Waals surface area contributed by atoms with Crippen molar-refractivity contribution in [2.45, 2.75) is 0 Å². The topological polar surface area (TPSA) is 24.4 Å². The number of nitrogens with one attached hydrogen (secondary N) is 1. The lowest BCUT2D eigenvalue weighted by Crippen LogP contribution is -2.18. The molecule has 1 N–H and O–H groups in total. The fourth-order valence-electron chi connectivity index (χ4n) is 1.74. The van der Waals surface area contributed by atoms with Crippen LogP contribution in [0.5, 0.6) is 0 Å². The van der Waals surface area contributed by atoms with Gasteiger partial charge in [0.2, 0.25) is 0 Å². The molecule has 0 atom stereocenters. The lowest BCUT2D eigenvalue weighted by molar-refractivity contribution is 0.960. The van der Waals surface area contributed by atoms with Gasteiger partial charge in [0.1, 0.15) is 5.84 Å². The van der Waals surface area contributed by atoms with E-state index in [9.17, 15) is 0 Å². The van der Waals surface area contributed by atoms with Crippen LogP contribution in [-0.4, -0.2) is 18.9 Å². The van der Waals surface area contributed by atoms with Crippen molar-refractivity contribution in [3.8, 4) is 0 Å². The Morgan fingerprint density at radius 3 is 3.06 bits per heavy atom. The van der Waals surface area contributed by atoms with E-state index in [0.717, 1.165) is 38.7 Å². The predicted octanol–water partition coefficient (Wildman–Crippen LogP) is 3.67. The molecule has 1 aliphatic heterocycles. The molecule has 82 valence electrons. The first-order valence-corrected chi connectivity index (χ1v) is 6.91. The van der Waals surface area contributed by atoms with Gasteiger partial charge in [-0.3, -0.25) is 4.99 Å². The summed E-state index contributed by atoms with van der Waals surface area (Å²) in [6.45, 7) is 1.74. The van der Waals surface area contributed by atoms with Gasteiger partial charge >= 0.3 is 0 Å². The van der Waals surface area contributed by atoms with Crippen LogP contribution in [0.3, 0.4) is 0 Å². The maximum Gasteiger partial charge on any atom is 0.140 e. The lowest BCUT2D eigenvalue weighted by Gasteiger charge is -1.97. The molecule has 2 nitrogen and oxygen atoms in total. The summed E-state index contributed by atoms with van der Waals surface area (Å²) in [4.78, 5) is 5.45. The van der Waals surface area contributed by atoms with Gasteiger partial charge in [-0.15, -0.1) is 11.3 Å². The standard InChI is InChI=1S/C11H8BrClN2S/c12-6-1-2-7-8(5-6)16-10(9(7)13)11-14-3-4-15-11/h1-2,5H,3-4H2,(H,14,15). The van der Waals surface area contributed by atoms with Gasteiger partial charge in [0, 0.05) is 21.1 Å². The van der Waals surface area contributed by atoms with E-state index in [4.69, 9.17) is 11.6 Å². The Morgan fingerprint density at radius 2 is 2.31 bits per heavy atom. The molecule has 0 saturated carbocycles. The summed E-state index contributed by atoms with van der Waals surface area (Å²) >= 11 is 11.5. The molecule has 0 aliphatic carbocycles. The molecule has 0 unspecified atom stereocenters. The third-order valence-corrected chi connectivity index (χ3v) is 4.64. The first-order chi connectivity index (χ1) is 7.75. The van der Waals surface area contributed by atoms with Gasteiger partial charge in [-0.2, -0.15) is 0 Å². The van der Waals surface area contributed by atoms with Crippen LogP contribution >= 0.6 is 38.9 Å². The summed E-state index contributed by atoms with van der Waals surface area (Å²) < 4.78 is 2.26. The van der Waals surface area contributed by atoms with E-state index < -0.39 is 0 Å². The SMILES string of the molecule is Clc1c(C2=NCCN2)sc2cc(Br)ccc12. The molecular weight excluding hydrogens is 308 g/mol. The largest absolute Gasteiger partial charge is 0.367 e.